The maximum atomic E-state index is 12.0. The summed E-state index contributed by atoms with van der Waals surface area (Å²) in [5.74, 6) is 0. The standard InChI is InChI=1S/C22H28N2O4S/c1-21(2,3)27-19(25)23-15-9-7-11-17(13-15)29-18-12-8-10-16(14-18)24-20(26)28-22(4,5)6/h7-14H,1-6H3,(H,23,25)(H,24,26). The second-order valence-electron chi connectivity index (χ2n) is 8.41. The monoisotopic (exact) mass is 416 g/mol. The molecule has 0 fully saturated rings. The number of carbonyl (C=O) groups is 2. The van der Waals surface area contributed by atoms with Crippen molar-refractivity contribution in [2.45, 2.75) is 62.5 Å². The van der Waals surface area contributed by atoms with Crippen LogP contribution in [0.4, 0.5) is 21.0 Å². The zero-order valence-electron chi connectivity index (χ0n) is 17.7. The van der Waals surface area contributed by atoms with Gasteiger partial charge >= 0.3 is 12.2 Å². The molecule has 0 saturated carbocycles. The molecule has 0 aromatic heterocycles. The molecule has 156 valence electrons. The number of hydrogen-bond donors (Lipinski definition) is 2. The van der Waals surface area contributed by atoms with Gasteiger partial charge in [-0.2, -0.15) is 0 Å². The van der Waals surface area contributed by atoms with Gasteiger partial charge in [0.15, 0.2) is 0 Å². The fourth-order valence-electron chi connectivity index (χ4n) is 2.25. The summed E-state index contributed by atoms with van der Waals surface area (Å²) < 4.78 is 10.6. The van der Waals surface area contributed by atoms with Gasteiger partial charge in [-0.3, -0.25) is 10.6 Å². The SMILES string of the molecule is CC(C)(C)OC(=O)Nc1cccc(Sc2cccc(NC(=O)OC(C)(C)C)c2)c1. The van der Waals surface area contributed by atoms with E-state index in [1.54, 1.807) is 12.1 Å². The highest BCUT2D eigenvalue weighted by Crippen LogP contribution is 2.31. The van der Waals surface area contributed by atoms with Crippen molar-refractivity contribution < 1.29 is 19.1 Å². The molecule has 2 aromatic carbocycles. The van der Waals surface area contributed by atoms with Gasteiger partial charge in [-0.25, -0.2) is 9.59 Å². The van der Waals surface area contributed by atoms with E-state index in [0.29, 0.717) is 11.4 Å². The van der Waals surface area contributed by atoms with Crippen molar-refractivity contribution in [3.05, 3.63) is 48.5 Å². The second kappa shape index (κ2) is 9.22. The van der Waals surface area contributed by atoms with Crippen LogP contribution in [0.3, 0.4) is 0 Å². The first-order valence-electron chi connectivity index (χ1n) is 9.28. The molecular formula is C22H28N2O4S. The molecule has 2 rings (SSSR count). The highest BCUT2D eigenvalue weighted by Gasteiger charge is 2.17. The molecule has 2 aromatic rings. The van der Waals surface area contributed by atoms with Crippen molar-refractivity contribution >= 4 is 35.3 Å². The van der Waals surface area contributed by atoms with E-state index in [2.05, 4.69) is 10.6 Å². The van der Waals surface area contributed by atoms with Crippen LogP contribution in [0.1, 0.15) is 41.5 Å². The Hall–Kier alpha value is -2.67. The molecule has 29 heavy (non-hydrogen) atoms. The Bertz CT molecular complexity index is 798. The molecule has 0 saturated heterocycles. The van der Waals surface area contributed by atoms with Crippen molar-refractivity contribution in [1.82, 2.24) is 0 Å². The van der Waals surface area contributed by atoms with Crippen LogP contribution in [0, 0.1) is 0 Å². The highest BCUT2D eigenvalue weighted by molar-refractivity contribution is 7.99. The first-order valence-corrected chi connectivity index (χ1v) is 10.1. The van der Waals surface area contributed by atoms with Crippen LogP contribution in [0.15, 0.2) is 58.3 Å². The van der Waals surface area contributed by atoms with Gasteiger partial charge in [0.25, 0.3) is 0 Å². The molecule has 0 radical (unpaired) electrons. The molecule has 0 atom stereocenters. The normalized spacial score (nSPS) is 11.5. The first-order chi connectivity index (χ1) is 13.4. The number of amides is 2. The highest BCUT2D eigenvalue weighted by atomic mass is 32.2. The summed E-state index contributed by atoms with van der Waals surface area (Å²) in [4.78, 5) is 25.8. The van der Waals surface area contributed by atoms with E-state index in [1.807, 2.05) is 77.9 Å². The van der Waals surface area contributed by atoms with Crippen LogP contribution in [0.5, 0.6) is 0 Å². The molecule has 2 amide bonds. The van der Waals surface area contributed by atoms with Gasteiger partial charge in [-0.05, 0) is 77.9 Å². The number of rotatable bonds is 4. The number of ether oxygens (including phenoxy) is 2. The van der Waals surface area contributed by atoms with E-state index in [4.69, 9.17) is 9.47 Å². The van der Waals surface area contributed by atoms with Crippen molar-refractivity contribution in [3.63, 3.8) is 0 Å². The van der Waals surface area contributed by atoms with E-state index in [9.17, 15) is 9.59 Å². The van der Waals surface area contributed by atoms with Crippen LogP contribution in [-0.2, 0) is 9.47 Å². The minimum atomic E-state index is -0.558. The van der Waals surface area contributed by atoms with Gasteiger partial charge < -0.3 is 9.47 Å². The molecular weight excluding hydrogens is 388 g/mol. The predicted octanol–water partition coefficient (Wildman–Crippen LogP) is 6.53. The van der Waals surface area contributed by atoms with E-state index >= 15 is 0 Å². The Morgan fingerprint density at radius 1 is 0.724 bits per heavy atom. The van der Waals surface area contributed by atoms with Crippen molar-refractivity contribution in [2.24, 2.45) is 0 Å². The van der Waals surface area contributed by atoms with Crippen LogP contribution >= 0.6 is 11.8 Å². The molecule has 0 unspecified atom stereocenters. The molecule has 0 aliphatic rings. The van der Waals surface area contributed by atoms with Crippen molar-refractivity contribution in [2.75, 3.05) is 10.6 Å². The number of anilines is 2. The number of carbonyl (C=O) groups excluding carboxylic acids is 2. The number of benzene rings is 2. The third-order valence-electron chi connectivity index (χ3n) is 3.19. The summed E-state index contributed by atoms with van der Waals surface area (Å²) in [5, 5.41) is 5.47. The average Bonchev–Trinajstić information content (AvgIpc) is 2.51. The van der Waals surface area contributed by atoms with Gasteiger partial charge in [-0.15, -0.1) is 0 Å². The quantitative estimate of drug-likeness (QED) is 0.592. The number of nitrogens with one attached hydrogen (secondary N) is 2. The fourth-order valence-corrected chi connectivity index (χ4v) is 3.19. The Kier molecular flexibility index (Phi) is 7.19. The van der Waals surface area contributed by atoms with Crippen LogP contribution < -0.4 is 10.6 Å². The summed E-state index contributed by atoms with van der Waals surface area (Å²) in [6, 6.07) is 14.9. The smallest absolute Gasteiger partial charge is 0.412 e. The maximum Gasteiger partial charge on any atom is 0.412 e. The van der Waals surface area contributed by atoms with E-state index in [-0.39, 0.29) is 0 Å². The van der Waals surface area contributed by atoms with Gasteiger partial charge in [0, 0.05) is 21.2 Å². The lowest BCUT2D eigenvalue weighted by Gasteiger charge is -2.20. The third kappa shape index (κ3) is 8.91. The van der Waals surface area contributed by atoms with E-state index in [0.717, 1.165) is 9.79 Å². The molecule has 0 heterocycles. The summed E-state index contributed by atoms with van der Waals surface area (Å²) in [7, 11) is 0. The van der Waals surface area contributed by atoms with Crippen LogP contribution in [0.2, 0.25) is 0 Å². The molecule has 0 spiro atoms. The zero-order valence-corrected chi connectivity index (χ0v) is 18.5. The largest absolute Gasteiger partial charge is 0.444 e. The lowest BCUT2D eigenvalue weighted by atomic mass is 10.2. The van der Waals surface area contributed by atoms with Crippen LogP contribution in [0.25, 0.3) is 0 Å². The zero-order chi connectivity index (χ0) is 21.7. The van der Waals surface area contributed by atoms with E-state index < -0.39 is 23.4 Å². The number of hydrogen-bond acceptors (Lipinski definition) is 5. The van der Waals surface area contributed by atoms with Gasteiger partial charge in [-0.1, -0.05) is 23.9 Å². The topological polar surface area (TPSA) is 76.7 Å². The van der Waals surface area contributed by atoms with Gasteiger partial charge in [0.1, 0.15) is 11.2 Å². The van der Waals surface area contributed by atoms with Gasteiger partial charge in [0.2, 0.25) is 0 Å². The third-order valence-corrected chi connectivity index (χ3v) is 4.17. The molecule has 0 aliphatic carbocycles. The summed E-state index contributed by atoms with van der Waals surface area (Å²) in [5.41, 5.74) is 0.176. The van der Waals surface area contributed by atoms with Crippen molar-refractivity contribution in [1.29, 1.82) is 0 Å². The molecule has 0 aliphatic heterocycles. The fraction of sp³-hybridized carbons (Fsp3) is 0.364. The summed E-state index contributed by atoms with van der Waals surface area (Å²) in [6.07, 6.45) is -0.994. The summed E-state index contributed by atoms with van der Waals surface area (Å²) in [6.45, 7) is 10.9. The lowest BCUT2D eigenvalue weighted by Crippen LogP contribution is -2.27. The Morgan fingerprint density at radius 3 is 1.45 bits per heavy atom. The first kappa shape index (κ1) is 22.6. The Labute approximate surface area is 176 Å². The van der Waals surface area contributed by atoms with E-state index in [1.165, 1.54) is 11.8 Å². The molecule has 0 bridgehead atoms. The minimum absolute atomic E-state index is 0.497. The Balaban J connectivity index is 2.03. The second-order valence-corrected chi connectivity index (χ2v) is 9.56. The Morgan fingerprint density at radius 2 is 1.10 bits per heavy atom. The molecule has 7 heteroatoms. The van der Waals surface area contributed by atoms with Crippen LogP contribution in [-0.4, -0.2) is 23.4 Å². The minimum Gasteiger partial charge on any atom is -0.444 e. The van der Waals surface area contributed by atoms with Gasteiger partial charge in [0.05, 0.1) is 0 Å². The molecule has 2 N–H and O–H groups in total. The molecule has 6 nitrogen and oxygen atoms in total. The average molecular weight is 417 g/mol. The predicted molar refractivity (Wildman–Crippen MR) is 117 cm³/mol. The lowest BCUT2D eigenvalue weighted by molar-refractivity contribution is 0.0624. The van der Waals surface area contributed by atoms with Crippen molar-refractivity contribution in [3.8, 4) is 0 Å². The summed E-state index contributed by atoms with van der Waals surface area (Å²) >= 11 is 1.51. The maximum absolute atomic E-state index is 12.0.